The Hall–Kier alpha value is -2.37. The second-order valence-electron chi connectivity index (χ2n) is 3.93. The maximum absolute atomic E-state index is 11.5. The van der Waals surface area contributed by atoms with Crippen molar-refractivity contribution >= 4 is 17.8 Å². The molecule has 0 unspecified atom stereocenters. The Kier molecular flexibility index (Phi) is 6.08. The lowest BCUT2D eigenvalue weighted by Crippen LogP contribution is -2.31. The molecule has 6 heteroatoms. The lowest BCUT2D eigenvalue weighted by molar-refractivity contribution is -0.138. The summed E-state index contributed by atoms with van der Waals surface area (Å²) in [5, 5.41) is 13.2. The molecular formula is C13H16N2O4. The van der Waals surface area contributed by atoms with E-state index in [4.69, 9.17) is 5.11 Å². The van der Waals surface area contributed by atoms with Crippen LogP contribution in [0.5, 0.6) is 0 Å². The topological polar surface area (TPSA) is 95.5 Å². The number of nitrogens with one attached hydrogen (secondary N) is 2. The Bertz CT molecular complexity index is 445. The van der Waals surface area contributed by atoms with Crippen molar-refractivity contribution in [2.75, 3.05) is 6.54 Å². The fraction of sp³-hybridized carbons (Fsp3) is 0.308. The van der Waals surface area contributed by atoms with Crippen LogP contribution in [0, 0.1) is 0 Å². The molecule has 0 aliphatic rings. The van der Waals surface area contributed by atoms with E-state index in [1.165, 1.54) is 0 Å². The molecule has 0 atom stereocenters. The third-order valence-electron chi connectivity index (χ3n) is 2.35. The molecule has 0 aliphatic heterocycles. The number of rotatable bonds is 7. The van der Waals surface area contributed by atoms with Crippen LogP contribution in [0.4, 0.5) is 0 Å². The predicted octanol–water partition coefficient (Wildman–Crippen LogP) is 0.284. The van der Waals surface area contributed by atoms with Gasteiger partial charge in [0, 0.05) is 19.4 Å². The Labute approximate surface area is 110 Å². The molecule has 6 nitrogen and oxygen atoms in total. The normalized spacial score (nSPS) is 9.68. The maximum Gasteiger partial charge on any atom is 0.322 e. The number of benzene rings is 1. The van der Waals surface area contributed by atoms with Gasteiger partial charge in [-0.15, -0.1) is 0 Å². The molecule has 0 heterocycles. The smallest absolute Gasteiger partial charge is 0.322 e. The van der Waals surface area contributed by atoms with Crippen molar-refractivity contribution < 1.29 is 19.5 Å². The van der Waals surface area contributed by atoms with Crippen LogP contribution in [0.3, 0.4) is 0 Å². The summed E-state index contributed by atoms with van der Waals surface area (Å²) in [6.45, 7) is -0.0130. The number of carbonyl (C=O) groups is 3. The Balaban J connectivity index is 2.17. The van der Waals surface area contributed by atoms with Crippen LogP contribution in [0.1, 0.15) is 18.4 Å². The fourth-order valence-electron chi connectivity index (χ4n) is 1.37. The van der Waals surface area contributed by atoms with Crippen molar-refractivity contribution in [2.45, 2.75) is 19.4 Å². The van der Waals surface area contributed by atoms with Gasteiger partial charge in [0.2, 0.25) is 11.8 Å². The molecule has 0 radical (unpaired) electrons. The van der Waals surface area contributed by atoms with E-state index in [0.29, 0.717) is 6.54 Å². The number of aliphatic carboxylic acids is 1. The molecule has 2 amide bonds. The van der Waals surface area contributed by atoms with Gasteiger partial charge in [-0.2, -0.15) is 0 Å². The lowest BCUT2D eigenvalue weighted by Gasteiger charge is -2.05. The molecule has 0 spiro atoms. The highest BCUT2D eigenvalue weighted by atomic mass is 16.4. The van der Waals surface area contributed by atoms with Crippen molar-refractivity contribution in [1.82, 2.24) is 10.6 Å². The molecule has 19 heavy (non-hydrogen) atoms. The van der Waals surface area contributed by atoms with E-state index in [9.17, 15) is 14.4 Å². The number of carbonyl (C=O) groups excluding carboxylic acids is 2. The molecule has 0 saturated heterocycles. The van der Waals surface area contributed by atoms with Gasteiger partial charge < -0.3 is 15.7 Å². The van der Waals surface area contributed by atoms with Crippen LogP contribution in [0.25, 0.3) is 0 Å². The van der Waals surface area contributed by atoms with E-state index in [0.717, 1.165) is 5.56 Å². The molecule has 3 N–H and O–H groups in total. The molecule has 1 aromatic carbocycles. The summed E-state index contributed by atoms with van der Waals surface area (Å²) in [5.41, 5.74) is 0.978. The summed E-state index contributed by atoms with van der Waals surface area (Å²) in [5.74, 6) is -1.80. The SMILES string of the molecule is O=C(O)CNC(=O)CCC(=O)NCc1ccccc1. The minimum Gasteiger partial charge on any atom is -0.480 e. The first kappa shape index (κ1) is 14.7. The third-order valence-corrected chi connectivity index (χ3v) is 2.35. The first-order chi connectivity index (χ1) is 9.08. The van der Waals surface area contributed by atoms with E-state index in [1.807, 2.05) is 30.3 Å². The van der Waals surface area contributed by atoms with Gasteiger partial charge in [-0.1, -0.05) is 30.3 Å². The van der Waals surface area contributed by atoms with Crippen LogP contribution in [0.2, 0.25) is 0 Å². The zero-order valence-electron chi connectivity index (χ0n) is 10.4. The van der Waals surface area contributed by atoms with E-state index >= 15 is 0 Å². The van der Waals surface area contributed by atoms with Crippen molar-refractivity contribution in [3.63, 3.8) is 0 Å². The highest BCUT2D eigenvalue weighted by molar-refractivity contribution is 5.85. The Morgan fingerprint density at radius 3 is 2.11 bits per heavy atom. The summed E-state index contributed by atoms with van der Waals surface area (Å²) in [6.07, 6.45) is 0.0200. The van der Waals surface area contributed by atoms with Crippen LogP contribution >= 0.6 is 0 Å². The molecule has 0 saturated carbocycles. The van der Waals surface area contributed by atoms with Crippen molar-refractivity contribution in [3.8, 4) is 0 Å². The fourth-order valence-corrected chi connectivity index (χ4v) is 1.37. The van der Waals surface area contributed by atoms with Gasteiger partial charge in [-0.3, -0.25) is 14.4 Å². The zero-order chi connectivity index (χ0) is 14.1. The van der Waals surface area contributed by atoms with Crippen LogP contribution in [-0.2, 0) is 20.9 Å². The number of amides is 2. The summed E-state index contributed by atoms with van der Waals surface area (Å²) in [7, 11) is 0. The standard InChI is InChI=1S/C13H16N2O4/c16-11(6-7-12(17)15-9-13(18)19)14-8-10-4-2-1-3-5-10/h1-5H,6-9H2,(H,14,16)(H,15,17)(H,18,19). The van der Waals surface area contributed by atoms with Crippen LogP contribution in [-0.4, -0.2) is 29.4 Å². The summed E-state index contributed by atoms with van der Waals surface area (Å²) in [6, 6.07) is 9.42. The first-order valence-corrected chi connectivity index (χ1v) is 5.87. The van der Waals surface area contributed by atoms with Gasteiger partial charge in [-0.25, -0.2) is 0 Å². The average Bonchev–Trinajstić information content (AvgIpc) is 2.41. The first-order valence-electron chi connectivity index (χ1n) is 5.87. The molecule has 102 valence electrons. The van der Waals surface area contributed by atoms with Crippen LogP contribution in [0.15, 0.2) is 30.3 Å². The van der Waals surface area contributed by atoms with Gasteiger partial charge in [0.1, 0.15) is 6.54 Å². The highest BCUT2D eigenvalue weighted by Crippen LogP contribution is 1.98. The molecule has 0 bridgehead atoms. The van der Waals surface area contributed by atoms with Gasteiger partial charge >= 0.3 is 5.97 Å². The van der Waals surface area contributed by atoms with Gasteiger partial charge in [0.15, 0.2) is 0 Å². The number of carboxylic acid groups (broad SMARTS) is 1. The maximum atomic E-state index is 11.5. The van der Waals surface area contributed by atoms with Gasteiger partial charge in [0.05, 0.1) is 0 Å². The molecule has 0 fully saturated rings. The second-order valence-corrected chi connectivity index (χ2v) is 3.93. The third kappa shape index (κ3) is 6.82. The zero-order valence-corrected chi connectivity index (χ0v) is 10.4. The molecule has 1 rings (SSSR count). The molecular weight excluding hydrogens is 248 g/mol. The van der Waals surface area contributed by atoms with Crippen molar-refractivity contribution in [2.24, 2.45) is 0 Å². The van der Waals surface area contributed by atoms with E-state index < -0.39 is 18.4 Å². The summed E-state index contributed by atoms with van der Waals surface area (Å²) >= 11 is 0. The summed E-state index contributed by atoms with van der Waals surface area (Å²) in [4.78, 5) is 32.8. The number of carboxylic acids is 1. The quantitative estimate of drug-likeness (QED) is 0.659. The number of hydrogen-bond acceptors (Lipinski definition) is 3. The minimum absolute atomic E-state index is 0.0199. The largest absolute Gasteiger partial charge is 0.480 e. The van der Waals surface area contributed by atoms with E-state index in [-0.39, 0.29) is 18.7 Å². The van der Waals surface area contributed by atoms with E-state index in [2.05, 4.69) is 10.6 Å². The van der Waals surface area contributed by atoms with Crippen molar-refractivity contribution in [1.29, 1.82) is 0 Å². The Morgan fingerprint density at radius 1 is 0.947 bits per heavy atom. The molecule has 1 aromatic rings. The number of hydrogen-bond donors (Lipinski definition) is 3. The molecule has 0 aromatic heterocycles. The van der Waals surface area contributed by atoms with E-state index in [1.54, 1.807) is 0 Å². The minimum atomic E-state index is -1.11. The predicted molar refractivity (Wildman–Crippen MR) is 68.2 cm³/mol. The average molecular weight is 264 g/mol. The lowest BCUT2D eigenvalue weighted by atomic mass is 10.2. The van der Waals surface area contributed by atoms with Gasteiger partial charge in [-0.05, 0) is 5.56 Å². The highest BCUT2D eigenvalue weighted by Gasteiger charge is 2.07. The van der Waals surface area contributed by atoms with Gasteiger partial charge in [0.25, 0.3) is 0 Å². The van der Waals surface area contributed by atoms with Crippen LogP contribution < -0.4 is 10.6 Å². The second kappa shape index (κ2) is 7.86. The monoisotopic (exact) mass is 264 g/mol. The molecule has 0 aliphatic carbocycles. The summed E-state index contributed by atoms with van der Waals surface area (Å²) < 4.78 is 0. The Morgan fingerprint density at radius 2 is 1.53 bits per heavy atom. The van der Waals surface area contributed by atoms with Crippen molar-refractivity contribution in [3.05, 3.63) is 35.9 Å².